The van der Waals surface area contributed by atoms with Gasteiger partial charge in [-0.05, 0) is 25.3 Å². The Kier molecular flexibility index (Phi) is 9.54. The molecular formula is C22H35IN6O2. The number of urea groups is 1. The predicted molar refractivity (Wildman–Crippen MR) is 134 cm³/mol. The first kappa shape index (κ1) is 25.4. The van der Waals surface area contributed by atoms with Crippen LogP contribution in [0.15, 0.2) is 35.3 Å². The van der Waals surface area contributed by atoms with E-state index in [4.69, 9.17) is 0 Å². The minimum Gasteiger partial charge on any atom is -0.356 e. The number of hydrogen-bond acceptors (Lipinski definition) is 4. The zero-order chi connectivity index (χ0) is 21.6. The topological polar surface area (TPSA) is 80.3 Å². The van der Waals surface area contributed by atoms with Gasteiger partial charge in [-0.25, -0.2) is 4.79 Å². The van der Waals surface area contributed by atoms with Crippen molar-refractivity contribution in [3.8, 4) is 0 Å². The summed E-state index contributed by atoms with van der Waals surface area (Å²) in [5.74, 6) is 0.749. The molecule has 0 spiro atoms. The molecule has 172 valence electrons. The number of rotatable bonds is 7. The number of nitrogens with one attached hydrogen (secondary N) is 2. The molecule has 0 radical (unpaired) electrons. The third-order valence-electron chi connectivity index (χ3n) is 6.03. The molecule has 1 aromatic carbocycles. The molecule has 1 unspecified atom stereocenters. The van der Waals surface area contributed by atoms with E-state index in [0.29, 0.717) is 25.9 Å². The third kappa shape index (κ3) is 6.31. The number of aliphatic imine (C=N–C) groups is 1. The Labute approximate surface area is 202 Å². The summed E-state index contributed by atoms with van der Waals surface area (Å²) in [4.78, 5) is 35.0. The van der Waals surface area contributed by atoms with Crippen LogP contribution >= 0.6 is 24.0 Å². The second kappa shape index (κ2) is 11.7. The standard InChI is InChI=1S/C22H34N6O2.HI/c1-4-22(2)19(29)28(21(30)25-22)12-8-11-24-20(23-3)27-15-13-26(14-16-27)17-18-9-6-5-7-10-18;/h5-7,9-10H,4,8,11-17H2,1-3H3,(H,23,24)(H,25,30);1H. The highest BCUT2D eigenvalue weighted by molar-refractivity contribution is 14.0. The number of guanidine groups is 1. The van der Waals surface area contributed by atoms with Crippen LogP contribution < -0.4 is 10.6 Å². The van der Waals surface area contributed by atoms with Crippen LogP contribution in [0, 0.1) is 0 Å². The predicted octanol–water partition coefficient (Wildman–Crippen LogP) is 2.11. The maximum atomic E-state index is 12.4. The Morgan fingerprint density at radius 1 is 1.16 bits per heavy atom. The van der Waals surface area contributed by atoms with Crippen molar-refractivity contribution in [1.82, 2.24) is 25.3 Å². The molecule has 9 heteroatoms. The molecule has 2 heterocycles. The molecule has 0 aromatic heterocycles. The molecule has 0 saturated carbocycles. The van der Waals surface area contributed by atoms with Gasteiger partial charge in [-0.15, -0.1) is 24.0 Å². The van der Waals surface area contributed by atoms with Crippen LogP contribution in [0.25, 0.3) is 0 Å². The van der Waals surface area contributed by atoms with Crippen LogP contribution in [-0.4, -0.2) is 84.5 Å². The average Bonchev–Trinajstić information content (AvgIpc) is 2.98. The van der Waals surface area contributed by atoms with Crippen LogP contribution in [0.5, 0.6) is 0 Å². The highest BCUT2D eigenvalue weighted by atomic mass is 127. The number of amides is 3. The highest BCUT2D eigenvalue weighted by Gasteiger charge is 2.45. The zero-order valence-corrected chi connectivity index (χ0v) is 21.1. The van der Waals surface area contributed by atoms with Crippen molar-refractivity contribution in [3.63, 3.8) is 0 Å². The molecule has 1 atom stereocenters. The molecule has 2 N–H and O–H groups in total. The maximum absolute atomic E-state index is 12.4. The van der Waals surface area contributed by atoms with Gasteiger partial charge in [0, 0.05) is 52.9 Å². The lowest BCUT2D eigenvalue weighted by atomic mass is 9.99. The smallest absolute Gasteiger partial charge is 0.325 e. The number of nitrogens with zero attached hydrogens (tertiary/aromatic N) is 4. The highest BCUT2D eigenvalue weighted by Crippen LogP contribution is 2.20. The van der Waals surface area contributed by atoms with Crippen molar-refractivity contribution in [2.45, 2.75) is 38.8 Å². The van der Waals surface area contributed by atoms with Gasteiger partial charge in [0.25, 0.3) is 5.91 Å². The second-order valence-electron chi connectivity index (χ2n) is 8.15. The van der Waals surface area contributed by atoms with Crippen LogP contribution in [0.2, 0.25) is 0 Å². The number of benzene rings is 1. The number of imide groups is 1. The lowest BCUT2D eigenvalue weighted by molar-refractivity contribution is -0.130. The Hall–Kier alpha value is -1.88. The van der Waals surface area contributed by atoms with Gasteiger partial charge in [0.1, 0.15) is 5.54 Å². The van der Waals surface area contributed by atoms with E-state index >= 15 is 0 Å². The van der Waals surface area contributed by atoms with Crippen LogP contribution in [0.4, 0.5) is 4.79 Å². The first-order valence-electron chi connectivity index (χ1n) is 10.8. The van der Waals surface area contributed by atoms with E-state index in [1.807, 2.05) is 13.0 Å². The summed E-state index contributed by atoms with van der Waals surface area (Å²) < 4.78 is 0. The quantitative estimate of drug-likeness (QED) is 0.182. The molecule has 3 rings (SSSR count). The Balaban J connectivity index is 0.00000341. The normalized spacial score (nSPS) is 22.4. The molecule has 2 saturated heterocycles. The Morgan fingerprint density at radius 2 is 1.84 bits per heavy atom. The molecule has 1 aromatic rings. The SMILES string of the molecule is CCC1(C)NC(=O)N(CCCNC(=NC)N2CCN(Cc3ccccc3)CC2)C1=O.I. The summed E-state index contributed by atoms with van der Waals surface area (Å²) in [6.45, 7) is 9.58. The van der Waals surface area contributed by atoms with Crippen molar-refractivity contribution in [3.05, 3.63) is 35.9 Å². The molecule has 8 nitrogen and oxygen atoms in total. The summed E-state index contributed by atoms with van der Waals surface area (Å²) in [7, 11) is 1.79. The largest absolute Gasteiger partial charge is 0.356 e. The van der Waals surface area contributed by atoms with Crippen LogP contribution in [-0.2, 0) is 11.3 Å². The van der Waals surface area contributed by atoms with Crippen molar-refractivity contribution in [2.24, 2.45) is 4.99 Å². The van der Waals surface area contributed by atoms with Crippen molar-refractivity contribution >= 4 is 41.9 Å². The molecule has 0 bridgehead atoms. The molecule has 2 fully saturated rings. The van der Waals surface area contributed by atoms with E-state index in [-0.39, 0.29) is 35.9 Å². The van der Waals surface area contributed by atoms with Crippen molar-refractivity contribution in [1.29, 1.82) is 0 Å². The number of carbonyl (C=O) groups excluding carboxylic acids is 2. The summed E-state index contributed by atoms with van der Waals surface area (Å²) in [6.07, 6.45) is 1.28. The van der Waals surface area contributed by atoms with E-state index in [9.17, 15) is 9.59 Å². The molecule has 3 amide bonds. The van der Waals surface area contributed by atoms with Gasteiger partial charge in [-0.1, -0.05) is 37.3 Å². The fourth-order valence-corrected chi connectivity index (χ4v) is 3.92. The molecular weight excluding hydrogens is 507 g/mol. The van der Waals surface area contributed by atoms with Gasteiger partial charge >= 0.3 is 6.03 Å². The lowest BCUT2D eigenvalue weighted by Gasteiger charge is -2.36. The van der Waals surface area contributed by atoms with Gasteiger partial charge in [0.2, 0.25) is 0 Å². The lowest BCUT2D eigenvalue weighted by Crippen LogP contribution is -2.52. The van der Waals surface area contributed by atoms with Crippen LogP contribution in [0.1, 0.15) is 32.3 Å². The fraction of sp³-hybridized carbons (Fsp3) is 0.591. The van der Waals surface area contributed by atoms with Gasteiger partial charge in [0.15, 0.2) is 5.96 Å². The van der Waals surface area contributed by atoms with Crippen LogP contribution in [0.3, 0.4) is 0 Å². The monoisotopic (exact) mass is 542 g/mol. The van der Waals surface area contributed by atoms with Crippen molar-refractivity contribution < 1.29 is 9.59 Å². The number of halogens is 1. The van der Waals surface area contributed by atoms with E-state index in [0.717, 1.165) is 38.7 Å². The first-order chi connectivity index (χ1) is 14.5. The molecule has 0 aliphatic carbocycles. The van der Waals surface area contributed by atoms with Gasteiger partial charge in [-0.3, -0.25) is 19.6 Å². The summed E-state index contributed by atoms with van der Waals surface area (Å²) in [5, 5.41) is 6.17. The first-order valence-corrected chi connectivity index (χ1v) is 10.8. The van der Waals surface area contributed by atoms with Crippen molar-refractivity contribution in [2.75, 3.05) is 46.3 Å². The Morgan fingerprint density at radius 3 is 2.42 bits per heavy atom. The minimum atomic E-state index is -0.764. The number of carbonyl (C=O) groups is 2. The summed E-state index contributed by atoms with van der Waals surface area (Å²) >= 11 is 0. The van der Waals surface area contributed by atoms with Gasteiger partial charge < -0.3 is 15.5 Å². The summed E-state index contributed by atoms with van der Waals surface area (Å²) in [5.41, 5.74) is 0.577. The summed E-state index contributed by atoms with van der Waals surface area (Å²) in [6, 6.07) is 10.3. The second-order valence-corrected chi connectivity index (χ2v) is 8.15. The number of piperazine rings is 1. The Bertz CT molecular complexity index is 767. The fourth-order valence-electron chi connectivity index (χ4n) is 3.92. The number of hydrogen-bond donors (Lipinski definition) is 2. The van der Waals surface area contributed by atoms with E-state index in [2.05, 4.69) is 49.7 Å². The zero-order valence-electron chi connectivity index (χ0n) is 18.8. The molecule has 2 aliphatic rings. The average molecular weight is 542 g/mol. The molecule has 31 heavy (non-hydrogen) atoms. The van der Waals surface area contributed by atoms with E-state index in [1.165, 1.54) is 10.5 Å². The maximum Gasteiger partial charge on any atom is 0.325 e. The van der Waals surface area contributed by atoms with Gasteiger partial charge in [-0.2, -0.15) is 0 Å². The van der Waals surface area contributed by atoms with Gasteiger partial charge in [0.05, 0.1) is 0 Å². The molecule has 2 aliphatic heterocycles. The van der Waals surface area contributed by atoms with E-state index < -0.39 is 5.54 Å². The minimum absolute atomic E-state index is 0. The van der Waals surface area contributed by atoms with E-state index in [1.54, 1.807) is 14.0 Å². The third-order valence-corrected chi connectivity index (χ3v) is 6.03.